The first-order valence-electron chi connectivity index (χ1n) is 8.96. The summed E-state index contributed by atoms with van der Waals surface area (Å²) < 4.78 is 0. The fourth-order valence-electron chi connectivity index (χ4n) is 3.16. The summed E-state index contributed by atoms with van der Waals surface area (Å²) in [5.41, 5.74) is 5.39. The van der Waals surface area contributed by atoms with E-state index in [9.17, 15) is 4.79 Å². The normalized spacial score (nSPS) is 15.3. The van der Waals surface area contributed by atoms with Crippen molar-refractivity contribution >= 4 is 23.5 Å². The third kappa shape index (κ3) is 3.32. The highest BCUT2D eigenvalue weighted by Gasteiger charge is 2.33. The molecule has 3 aromatic carbocycles. The van der Waals surface area contributed by atoms with Crippen LogP contribution in [-0.2, 0) is 4.79 Å². The molecule has 3 aromatic rings. The van der Waals surface area contributed by atoms with Gasteiger partial charge in [-0.05, 0) is 37.1 Å². The highest BCUT2D eigenvalue weighted by molar-refractivity contribution is 6.33. The smallest absolute Gasteiger partial charge is 0.266 e. The second-order valence-electron chi connectivity index (χ2n) is 6.67. The van der Waals surface area contributed by atoms with Crippen molar-refractivity contribution in [3.05, 3.63) is 107 Å². The standard InChI is InChI=1S/C24H20N2O/c1-17-12-14-20(15-13-17)23-25-21(16-19-9-4-3-5-10-19)24(27)26(23)22-11-7-6-8-18(22)2/h3-16H,1-2H3. The van der Waals surface area contributed by atoms with Crippen molar-refractivity contribution in [3.8, 4) is 0 Å². The number of amidine groups is 1. The number of amides is 1. The molecular formula is C24H20N2O. The van der Waals surface area contributed by atoms with Gasteiger partial charge < -0.3 is 0 Å². The van der Waals surface area contributed by atoms with Crippen LogP contribution in [0.1, 0.15) is 22.3 Å². The zero-order valence-electron chi connectivity index (χ0n) is 15.4. The van der Waals surface area contributed by atoms with Crippen LogP contribution < -0.4 is 4.90 Å². The maximum Gasteiger partial charge on any atom is 0.282 e. The van der Waals surface area contributed by atoms with E-state index in [1.807, 2.05) is 98.8 Å². The van der Waals surface area contributed by atoms with E-state index in [1.165, 1.54) is 5.56 Å². The Hall–Kier alpha value is -3.46. The van der Waals surface area contributed by atoms with Crippen molar-refractivity contribution < 1.29 is 4.79 Å². The number of carbonyl (C=O) groups excluding carboxylic acids is 1. The molecule has 3 heteroatoms. The molecule has 1 aliphatic rings. The lowest BCUT2D eigenvalue weighted by atomic mass is 10.1. The van der Waals surface area contributed by atoms with Gasteiger partial charge in [0, 0.05) is 5.56 Å². The zero-order chi connectivity index (χ0) is 18.8. The molecule has 0 unspecified atom stereocenters. The summed E-state index contributed by atoms with van der Waals surface area (Å²) in [7, 11) is 0. The van der Waals surface area contributed by atoms with Crippen LogP contribution in [0, 0.1) is 13.8 Å². The third-order valence-corrected chi connectivity index (χ3v) is 4.63. The number of aliphatic imine (C=N–C) groups is 1. The zero-order valence-corrected chi connectivity index (χ0v) is 15.4. The average molecular weight is 352 g/mol. The highest BCUT2D eigenvalue weighted by Crippen LogP contribution is 2.30. The molecular weight excluding hydrogens is 332 g/mol. The summed E-state index contributed by atoms with van der Waals surface area (Å²) >= 11 is 0. The van der Waals surface area contributed by atoms with Gasteiger partial charge in [0.05, 0.1) is 5.69 Å². The maximum atomic E-state index is 13.3. The van der Waals surface area contributed by atoms with E-state index < -0.39 is 0 Å². The van der Waals surface area contributed by atoms with Gasteiger partial charge >= 0.3 is 0 Å². The van der Waals surface area contributed by atoms with Gasteiger partial charge in [-0.25, -0.2) is 4.99 Å². The van der Waals surface area contributed by atoms with Gasteiger partial charge in [-0.2, -0.15) is 0 Å². The van der Waals surface area contributed by atoms with Crippen molar-refractivity contribution in [3.63, 3.8) is 0 Å². The molecule has 0 spiro atoms. The fraction of sp³-hybridized carbons (Fsp3) is 0.0833. The quantitative estimate of drug-likeness (QED) is 0.601. The van der Waals surface area contributed by atoms with Gasteiger partial charge in [0.1, 0.15) is 11.5 Å². The molecule has 4 rings (SSSR count). The Morgan fingerprint density at radius 3 is 2.19 bits per heavy atom. The number of hydrogen-bond donors (Lipinski definition) is 0. The van der Waals surface area contributed by atoms with Gasteiger partial charge in [0.15, 0.2) is 0 Å². The molecule has 1 aliphatic heterocycles. The topological polar surface area (TPSA) is 32.7 Å². The van der Waals surface area contributed by atoms with Crippen LogP contribution in [-0.4, -0.2) is 11.7 Å². The second kappa shape index (κ2) is 7.04. The van der Waals surface area contributed by atoms with E-state index in [1.54, 1.807) is 4.90 Å². The van der Waals surface area contributed by atoms with Crippen LogP contribution in [0.15, 0.2) is 89.6 Å². The average Bonchev–Trinajstić information content (AvgIpc) is 3.00. The summed E-state index contributed by atoms with van der Waals surface area (Å²) in [6.07, 6.45) is 1.84. The van der Waals surface area contributed by atoms with Gasteiger partial charge in [-0.15, -0.1) is 0 Å². The minimum atomic E-state index is -0.108. The number of carbonyl (C=O) groups is 1. The minimum Gasteiger partial charge on any atom is -0.266 e. The van der Waals surface area contributed by atoms with E-state index in [2.05, 4.69) is 0 Å². The Bertz CT molecular complexity index is 1050. The largest absolute Gasteiger partial charge is 0.282 e. The van der Waals surface area contributed by atoms with E-state index in [4.69, 9.17) is 4.99 Å². The maximum absolute atomic E-state index is 13.3. The molecule has 0 aliphatic carbocycles. The fourth-order valence-corrected chi connectivity index (χ4v) is 3.16. The molecule has 0 N–H and O–H groups in total. The predicted octanol–water partition coefficient (Wildman–Crippen LogP) is 5.14. The number of aryl methyl sites for hydroxylation is 2. The summed E-state index contributed by atoms with van der Waals surface area (Å²) in [5.74, 6) is 0.556. The lowest BCUT2D eigenvalue weighted by Crippen LogP contribution is -2.33. The molecule has 0 saturated carbocycles. The van der Waals surface area contributed by atoms with Gasteiger partial charge in [-0.3, -0.25) is 9.69 Å². The van der Waals surface area contributed by atoms with Crippen molar-refractivity contribution in [1.29, 1.82) is 0 Å². The molecule has 0 atom stereocenters. The first kappa shape index (κ1) is 17.0. The molecule has 132 valence electrons. The first-order chi connectivity index (χ1) is 13.1. The Morgan fingerprint density at radius 2 is 1.48 bits per heavy atom. The summed E-state index contributed by atoms with van der Waals surface area (Å²) in [5, 5.41) is 0. The number of anilines is 1. The van der Waals surface area contributed by atoms with Crippen LogP contribution in [0.5, 0.6) is 0 Å². The van der Waals surface area contributed by atoms with Crippen molar-refractivity contribution in [2.24, 2.45) is 4.99 Å². The number of para-hydroxylation sites is 1. The molecule has 0 bridgehead atoms. The van der Waals surface area contributed by atoms with Gasteiger partial charge in [0.25, 0.3) is 5.91 Å². The number of nitrogens with zero attached hydrogens (tertiary/aromatic N) is 2. The Balaban J connectivity index is 1.85. The van der Waals surface area contributed by atoms with Crippen LogP contribution in [0.25, 0.3) is 6.08 Å². The van der Waals surface area contributed by atoms with Crippen molar-refractivity contribution in [1.82, 2.24) is 0 Å². The summed E-state index contributed by atoms with van der Waals surface area (Å²) in [4.78, 5) is 19.7. The van der Waals surface area contributed by atoms with Crippen molar-refractivity contribution in [2.75, 3.05) is 4.90 Å². The number of rotatable bonds is 3. The summed E-state index contributed by atoms with van der Waals surface area (Å²) in [6, 6.07) is 25.8. The van der Waals surface area contributed by atoms with Crippen LogP contribution >= 0.6 is 0 Å². The third-order valence-electron chi connectivity index (χ3n) is 4.63. The number of hydrogen-bond acceptors (Lipinski definition) is 2. The van der Waals surface area contributed by atoms with Gasteiger partial charge in [-0.1, -0.05) is 78.4 Å². The monoisotopic (exact) mass is 352 g/mol. The Kier molecular flexibility index (Phi) is 4.43. The van der Waals surface area contributed by atoms with Crippen LogP contribution in [0.4, 0.5) is 5.69 Å². The van der Waals surface area contributed by atoms with Crippen molar-refractivity contribution in [2.45, 2.75) is 13.8 Å². The van der Waals surface area contributed by atoms with Crippen LogP contribution in [0.3, 0.4) is 0 Å². The van der Waals surface area contributed by atoms with E-state index in [-0.39, 0.29) is 5.91 Å². The second-order valence-corrected chi connectivity index (χ2v) is 6.67. The lowest BCUT2D eigenvalue weighted by Gasteiger charge is -2.20. The van der Waals surface area contributed by atoms with Crippen LogP contribution in [0.2, 0.25) is 0 Å². The molecule has 27 heavy (non-hydrogen) atoms. The molecule has 0 aromatic heterocycles. The Morgan fingerprint density at radius 1 is 0.815 bits per heavy atom. The van der Waals surface area contributed by atoms with Gasteiger partial charge in [0.2, 0.25) is 0 Å². The summed E-state index contributed by atoms with van der Waals surface area (Å²) in [6.45, 7) is 4.06. The molecule has 1 amide bonds. The van der Waals surface area contributed by atoms with E-state index in [0.717, 1.165) is 22.4 Å². The SMILES string of the molecule is Cc1ccc(C2=NC(=Cc3ccccc3)C(=O)N2c2ccccc2C)cc1. The Labute approximate surface area is 159 Å². The number of benzene rings is 3. The molecule has 3 nitrogen and oxygen atoms in total. The lowest BCUT2D eigenvalue weighted by molar-refractivity contribution is -0.113. The molecule has 0 saturated heterocycles. The first-order valence-corrected chi connectivity index (χ1v) is 8.96. The van der Waals surface area contributed by atoms with E-state index in [0.29, 0.717) is 11.5 Å². The molecule has 0 fully saturated rings. The molecule has 1 heterocycles. The highest BCUT2D eigenvalue weighted by atomic mass is 16.2. The minimum absolute atomic E-state index is 0.108. The predicted molar refractivity (Wildman–Crippen MR) is 111 cm³/mol. The molecule has 0 radical (unpaired) electrons. The van der Waals surface area contributed by atoms with E-state index >= 15 is 0 Å².